The van der Waals surface area contributed by atoms with Crippen LogP contribution in [-0.4, -0.2) is 0 Å². The predicted octanol–water partition coefficient (Wildman–Crippen LogP) is 6.01. The van der Waals surface area contributed by atoms with Gasteiger partial charge < -0.3 is 4.74 Å². The van der Waals surface area contributed by atoms with Crippen LogP contribution in [0.1, 0.15) is 31.4 Å². The van der Waals surface area contributed by atoms with E-state index in [2.05, 4.69) is 74.5 Å². The second kappa shape index (κ2) is 7.32. The number of benzene rings is 3. The van der Waals surface area contributed by atoms with Gasteiger partial charge in [0.15, 0.2) is 0 Å². The third-order valence-corrected chi connectivity index (χ3v) is 4.15. The maximum atomic E-state index is 6.09. The average molecular weight is 304 g/mol. The smallest absolute Gasteiger partial charge is 0.127 e. The Morgan fingerprint density at radius 1 is 0.826 bits per heavy atom. The molecule has 0 spiro atoms. The highest BCUT2D eigenvalue weighted by molar-refractivity contribution is 5.88. The van der Waals surface area contributed by atoms with Crippen LogP contribution < -0.4 is 4.74 Å². The Morgan fingerprint density at radius 3 is 2.43 bits per heavy atom. The van der Waals surface area contributed by atoms with Crippen LogP contribution in [0.25, 0.3) is 10.8 Å². The highest BCUT2D eigenvalue weighted by Gasteiger charge is 2.03. The largest absolute Gasteiger partial charge is 0.488 e. The third kappa shape index (κ3) is 4.13. The second-order valence-corrected chi connectivity index (χ2v) is 6.52. The topological polar surface area (TPSA) is 9.23 Å². The minimum Gasteiger partial charge on any atom is -0.488 e. The van der Waals surface area contributed by atoms with Crippen molar-refractivity contribution in [3.05, 3.63) is 77.9 Å². The van der Waals surface area contributed by atoms with Crippen LogP contribution >= 0.6 is 0 Å². The van der Waals surface area contributed by atoms with E-state index in [4.69, 9.17) is 4.74 Å². The Balaban J connectivity index is 1.71. The summed E-state index contributed by atoms with van der Waals surface area (Å²) in [4.78, 5) is 0. The van der Waals surface area contributed by atoms with Crippen LogP contribution in [0.2, 0.25) is 0 Å². The van der Waals surface area contributed by atoms with Crippen molar-refractivity contribution in [2.75, 3.05) is 0 Å². The molecule has 118 valence electrons. The maximum absolute atomic E-state index is 6.09. The molecule has 0 atom stereocenters. The fourth-order valence-electron chi connectivity index (χ4n) is 2.81. The standard InChI is InChI=1S/C22H24O/c1-17(2)13-14-18-7-5-8-19(15-18)16-23-22-12-6-10-20-9-3-4-11-21(20)22/h3-12,15,17H,13-14,16H2,1-2H3. The summed E-state index contributed by atoms with van der Waals surface area (Å²) in [6, 6.07) is 23.3. The molecule has 0 aliphatic carbocycles. The predicted molar refractivity (Wildman–Crippen MR) is 97.9 cm³/mol. The van der Waals surface area contributed by atoms with Gasteiger partial charge in [-0.1, -0.05) is 74.5 Å². The van der Waals surface area contributed by atoms with Crippen LogP contribution in [0.4, 0.5) is 0 Å². The molecule has 0 unspecified atom stereocenters. The van der Waals surface area contributed by atoms with Crippen molar-refractivity contribution < 1.29 is 4.74 Å². The Bertz CT molecular complexity index is 768. The summed E-state index contributed by atoms with van der Waals surface area (Å²) >= 11 is 0. The monoisotopic (exact) mass is 304 g/mol. The van der Waals surface area contributed by atoms with Crippen LogP contribution in [0.5, 0.6) is 5.75 Å². The van der Waals surface area contributed by atoms with E-state index in [0.29, 0.717) is 6.61 Å². The second-order valence-electron chi connectivity index (χ2n) is 6.52. The molecule has 1 heteroatoms. The molecule has 0 N–H and O–H groups in total. The van der Waals surface area contributed by atoms with Crippen molar-refractivity contribution in [1.82, 2.24) is 0 Å². The molecule has 0 saturated heterocycles. The van der Waals surface area contributed by atoms with Gasteiger partial charge in [-0.25, -0.2) is 0 Å². The molecular formula is C22H24O. The summed E-state index contributed by atoms with van der Waals surface area (Å²) in [7, 11) is 0. The fourth-order valence-corrected chi connectivity index (χ4v) is 2.81. The van der Waals surface area contributed by atoms with E-state index in [0.717, 1.165) is 18.1 Å². The summed E-state index contributed by atoms with van der Waals surface area (Å²) in [6.45, 7) is 5.16. The molecule has 0 heterocycles. The summed E-state index contributed by atoms with van der Waals surface area (Å²) in [5.41, 5.74) is 2.64. The van der Waals surface area contributed by atoms with Gasteiger partial charge in [-0.3, -0.25) is 0 Å². The molecule has 3 aromatic rings. The first-order valence-electron chi connectivity index (χ1n) is 8.41. The maximum Gasteiger partial charge on any atom is 0.127 e. The van der Waals surface area contributed by atoms with Crippen LogP contribution in [0, 0.1) is 5.92 Å². The number of aryl methyl sites for hydroxylation is 1. The quantitative estimate of drug-likeness (QED) is 0.542. The first-order valence-corrected chi connectivity index (χ1v) is 8.41. The molecular weight excluding hydrogens is 280 g/mol. The Hall–Kier alpha value is -2.28. The van der Waals surface area contributed by atoms with Gasteiger partial charge in [0.1, 0.15) is 12.4 Å². The first kappa shape index (κ1) is 15.6. The molecule has 0 aliphatic heterocycles. The van der Waals surface area contributed by atoms with Gasteiger partial charge in [-0.2, -0.15) is 0 Å². The van der Waals surface area contributed by atoms with Gasteiger partial charge in [0, 0.05) is 5.39 Å². The molecule has 0 radical (unpaired) electrons. The molecule has 0 saturated carbocycles. The minimum atomic E-state index is 0.615. The molecule has 0 bridgehead atoms. The summed E-state index contributed by atoms with van der Waals surface area (Å²) in [5.74, 6) is 1.70. The Labute approximate surface area is 138 Å². The third-order valence-electron chi connectivity index (χ3n) is 4.15. The first-order chi connectivity index (χ1) is 11.2. The molecule has 3 rings (SSSR count). The summed E-state index contributed by atoms with van der Waals surface area (Å²) in [6.07, 6.45) is 2.37. The van der Waals surface area contributed by atoms with Crippen molar-refractivity contribution in [1.29, 1.82) is 0 Å². The van der Waals surface area contributed by atoms with Gasteiger partial charge in [-0.15, -0.1) is 0 Å². The average Bonchev–Trinajstić information content (AvgIpc) is 2.58. The van der Waals surface area contributed by atoms with Gasteiger partial charge in [0.2, 0.25) is 0 Å². The Kier molecular flexibility index (Phi) is 4.97. The SMILES string of the molecule is CC(C)CCc1cccc(COc2cccc3ccccc23)c1. The number of hydrogen-bond donors (Lipinski definition) is 0. The van der Waals surface area contributed by atoms with Crippen molar-refractivity contribution in [2.24, 2.45) is 5.92 Å². The van der Waals surface area contributed by atoms with Gasteiger partial charge >= 0.3 is 0 Å². The number of hydrogen-bond acceptors (Lipinski definition) is 1. The zero-order valence-electron chi connectivity index (χ0n) is 14.0. The lowest BCUT2D eigenvalue weighted by Crippen LogP contribution is -1.98. The van der Waals surface area contributed by atoms with Crippen molar-refractivity contribution in [3.8, 4) is 5.75 Å². The zero-order chi connectivity index (χ0) is 16.1. The van der Waals surface area contributed by atoms with E-state index in [-0.39, 0.29) is 0 Å². The van der Waals surface area contributed by atoms with E-state index in [1.165, 1.54) is 28.3 Å². The molecule has 0 amide bonds. The number of ether oxygens (including phenoxy) is 1. The van der Waals surface area contributed by atoms with Gasteiger partial charge in [0.25, 0.3) is 0 Å². The summed E-state index contributed by atoms with van der Waals surface area (Å²) in [5, 5.41) is 2.39. The lowest BCUT2D eigenvalue weighted by atomic mass is 10.0. The highest BCUT2D eigenvalue weighted by atomic mass is 16.5. The molecule has 0 fully saturated rings. The van der Waals surface area contributed by atoms with E-state index < -0.39 is 0 Å². The number of fused-ring (bicyclic) bond motifs is 1. The molecule has 23 heavy (non-hydrogen) atoms. The zero-order valence-corrected chi connectivity index (χ0v) is 14.0. The highest BCUT2D eigenvalue weighted by Crippen LogP contribution is 2.26. The van der Waals surface area contributed by atoms with Gasteiger partial charge in [-0.05, 0) is 41.3 Å². The minimum absolute atomic E-state index is 0.615. The van der Waals surface area contributed by atoms with Gasteiger partial charge in [0.05, 0.1) is 0 Å². The lowest BCUT2D eigenvalue weighted by molar-refractivity contribution is 0.310. The molecule has 3 aromatic carbocycles. The normalized spacial score (nSPS) is 11.1. The van der Waals surface area contributed by atoms with Crippen molar-refractivity contribution in [2.45, 2.75) is 33.3 Å². The number of rotatable bonds is 6. The van der Waals surface area contributed by atoms with E-state index >= 15 is 0 Å². The van der Waals surface area contributed by atoms with Crippen LogP contribution in [-0.2, 0) is 13.0 Å². The van der Waals surface area contributed by atoms with Crippen molar-refractivity contribution >= 4 is 10.8 Å². The van der Waals surface area contributed by atoms with Crippen molar-refractivity contribution in [3.63, 3.8) is 0 Å². The van der Waals surface area contributed by atoms with Crippen LogP contribution in [0.3, 0.4) is 0 Å². The summed E-state index contributed by atoms with van der Waals surface area (Å²) < 4.78 is 6.09. The molecule has 1 nitrogen and oxygen atoms in total. The fraction of sp³-hybridized carbons (Fsp3) is 0.273. The molecule has 0 aromatic heterocycles. The van der Waals surface area contributed by atoms with Crippen LogP contribution in [0.15, 0.2) is 66.7 Å². The van der Waals surface area contributed by atoms with E-state index in [1.807, 2.05) is 6.07 Å². The van der Waals surface area contributed by atoms with E-state index in [9.17, 15) is 0 Å². The van der Waals surface area contributed by atoms with E-state index in [1.54, 1.807) is 0 Å². The lowest BCUT2D eigenvalue weighted by Gasteiger charge is -2.11. The Morgan fingerprint density at radius 2 is 1.57 bits per heavy atom. The molecule has 0 aliphatic rings.